The Labute approximate surface area is 197 Å². The highest BCUT2D eigenvalue weighted by atomic mass is 16.5. The van der Waals surface area contributed by atoms with Crippen LogP contribution in [0.25, 0.3) is 5.69 Å². The van der Waals surface area contributed by atoms with E-state index in [0.29, 0.717) is 38.5 Å². The zero-order chi connectivity index (χ0) is 23.5. The van der Waals surface area contributed by atoms with Crippen LogP contribution in [0.3, 0.4) is 0 Å². The average Bonchev–Trinajstić information content (AvgIpc) is 3.19. The summed E-state index contributed by atoms with van der Waals surface area (Å²) in [6, 6.07) is 19.8. The largest absolute Gasteiger partial charge is 0.439 e. The van der Waals surface area contributed by atoms with Gasteiger partial charge in [0, 0.05) is 26.7 Å². The Morgan fingerprint density at radius 2 is 1.82 bits per heavy atom. The topological polar surface area (TPSA) is 59.8 Å². The van der Waals surface area contributed by atoms with Gasteiger partial charge in [-0.15, -0.1) is 6.58 Å². The lowest BCUT2D eigenvalue weighted by molar-refractivity contribution is 0.0804. The zero-order valence-corrected chi connectivity index (χ0v) is 19.7. The Morgan fingerprint density at radius 1 is 1.12 bits per heavy atom. The predicted octanol–water partition coefficient (Wildman–Crippen LogP) is 5.00. The van der Waals surface area contributed by atoms with Crippen LogP contribution in [-0.4, -0.2) is 52.7 Å². The molecule has 1 unspecified atom stereocenters. The third kappa shape index (κ3) is 7.02. The monoisotopic (exact) mass is 449 g/mol. The number of para-hydroxylation sites is 2. The highest BCUT2D eigenvalue weighted by Gasteiger charge is 2.23. The molecule has 0 amide bonds. The second kappa shape index (κ2) is 12.9. The van der Waals surface area contributed by atoms with Crippen LogP contribution in [0.4, 0.5) is 0 Å². The van der Waals surface area contributed by atoms with Gasteiger partial charge in [-0.3, -0.25) is 4.90 Å². The standard InChI is InChI=1S/C27H35N3O3/c1-4-6-15-23(31)20-29(18-19-32-3)21-25-26(5-2)28-30(22-13-9-7-10-14-22)27(25)33-24-16-11-8-12-17-24/h4,7-14,16-17,23,31H,1,5-6,15,18-21H2,2-3H3. The van der Waals surface area contributed by atoms with E-state index in [1.165, 1.54) is 0 Å². The summed E-state index contributed by atoms with van der Waals surface area (Å²) in [6.45, 7) is 8.29. The van der Waals surface area contributed by atoms with Crippen molar-refractivity contribution in [2.45, 2.75) is 38.8 Å². The fourth-order valence-electron chi connectivity index (χ4n) is 3.75. The van der Waals surface area contributed by atoms with E-state index in [9.17, 15) is 5.11 Å². The highest BCUT2D eigenvalue weighted by molar-refractivity contribution is 5.43. The molecule has 0 radical (unpaired) electrons. The van der Waals surface area contributed by atoms with E-state index in [2.05, 4.69) is 18.4 Å². The lowest BCUT2D eigenvalue weighted by Crippen LogP contribution is -2.34. The number of ether oxygens (including phenoxy) is 2. The van der Waals surface area contributed by atoms with Crippen molar-refractivity contribution in [3.8, 4) is 17.3 Å². The van der Waals surface area contributed by atoms with E-state index in [0.717, 1.165) is 35.5 Å². The summed E-state index contributed by atoms with van der Waals surface area (Å²) >= 11 is 0. The van der Waals surface area contributed by atoms with Crippen molar-refractivity contribution in [3.63, 3.8) is 0 Å². The van der Waals surface area contributed by atoms with Gasteiger partial charge in [-0.1, -0.05) is 49.4 Å². The van der Waals surface area contributed by atoms with Gasteiger partial charge in [-0.05, 0) is 43.5 Å². The van der Waals surface area contributed by atoms with Crippen LogP contribution in [0.15, 0.2) is 73.3 Å². The van der Waals surface area contributed by atoms with E-state index in [4.69, 9.17) is 14.6 Å². The average molecular weight is 450 g/mol. The number of hydrogen-bond donors (Lipinski definition) is 1. The van der Waals surface area contributed by atoms with Crippen molar-refractivity contribution in [1.82, 2.24) is 14.7 Å². The smallest absolute Gasteiger partial charge is 0.227 e. The van der Waals surface area contributed by atoms with E-state index >= 15 is 0 Å². The van der Waals surface area contributed by atoms with Gasteiger partial charge in [0.1, 0.15) is 5.75 Å². The molecule has 0 saturated heterocycles. The van der Waals surface area contributed by atoms with Crippen molar-refractivity contribution in [2.75, 3.05) is 26.8 Å². The van der Waals surface area contributed by atoms with Gasteiger partial charge in [0.05, 0.1) is 29.7 Å². The normalized spacial score (nSPS) is 12.1. The number of aliphatic hydroxyl groups excluding tert-OH is 1. The summed E-state index contributed by atoms with van der Waals surface area (Å²) in [4.78, 5) is 2.21. The number of aromatic nitrogens is 2. The Morgan fingerprint density at radius 3 is 2.45 bits per heavy atom. The van der Waals surface area contributed by atoms with Crippen LogP contribution in [0, 0.1) is 0 Å². The summed E-state index contributed by atoms with van der Waals surface area (Å²) in [6.07, 6.45) is 3.65. The van der Waals surface area contributed by atoms with Gasteiger partial charge in [0.2, 0.25) is 5.88 Å². The highest BCUT2D eigenvalue weighted by Crippen LogP contribution is 2.32. The molecule has 0 fully saturated rings. The molecule has 6 nitrogen and oxygen atoms in total. The maximum Gasteiger partial charge on any atom is 0.227 e. The number of aryl methyl sites for hydroxylation is 1. The van der Waals surface area contributed by atoms with Crippen molar-refractivity contribution in [1.29, 1.82) is 0 Å². The van der Waals surface area contributed by atoms with E-state index in [1.807, 2.05) is 71.4 Å². The quantitative estimate of drug-likeness (QED) is 0.351. The number of nitrogens with zero attached hydrogens (tertiary/aromatic N) is 3. The van der Waals surface area contributed by atoms with Crippen molar-refractivity contribution < 1.29 is 14.6 Å². The predicted molar refractivity (Wildman–Crippen MR) is 132 cm³/mol. The number of hydrogen-bond acceptors (Lipinski definition) is 5. The molecule has 0 aliphatic carbocycles. The number of aliphatic hydroxyl groups is 1. The molecule has 176 valence electrons. The SMILES string of the molecule is C=CCCC(O)CN(CCOC)Cc1c(CC)nn(-c2ccccc2)c1Oc1ccccc1. The molecule has 1 atom stereocenters. The van der Waals surface area contributed by atoms with E-state index < -0.39 is 6.10 Å². The lowest BCUT2D eigenvalue weighted by atomic mass is 10.1. The minimum absolute atomic E-state index is 0.437. The number of allylic oxidation sites excluding steroid dienone is 1. The minimum Gasteiger partial charge on any atom is -0.439 e. The van der Waals surface area contributed by atoms with Crippen LogP contribution < -0.4 is 4.74 Å². The van der Waals surface area contributed by atoms with Crippen LogP contribution >= 0.6 is 0 Å². The first kappa shape index (κ1) is 24.7. The zero-order valence-electron chi connectivity index (χ0n) is 19.7. The molecule has 3 rings (SSSR count). The maximum absolute atomic E-state index is 10.6. The number of rotatable bonds is 14. The van der Waals surface area contributed by atoms with E-state index in [-0.39, 0.29) is 0 Å². The molecule has 1 heterocycles. The summed E-state index contributed by atoms with van der Waals surface area (Å²) in [5, 5.41) is 15.5. The lowest BCUT2D eigenvalue weighted by Gasteiger charge is -2.25. The molecule has 3 aromatic rings. The Kier molecular flexibility index (Phi) is 9.69. The third-order valence-electron chi connectivity index (χ3n) is 5.48. The van der Waals surface area contributed by atoms with Gasteiger partial charge in [0.15, 0.2) is 0 Å². The van der Waals surface area contributed by atoms with Crippen LogP contribution in [0.5, 0.6) is 11.6 Å². The Hall–Kier alpha value is -2.93. The number of benzene rings is 2. The van der Waals surface area contributed by atoms with Crippen LogP contribution in [0.2, 0.25) is 0 Å². The first-order valence-electron chi connectivity index (χ1n) is 11.6. The molecule has 0 aliphatic heterocycles. The van der Waals surface area contributed by atoms with Crippen molar-refractivity contribution in [2.24, 2.45) is 0 Å². The molecule has 1 N–H and O–H groups in total. The molecule has 33 heavy (non-hydrogen) atoms. The first-order valence-corrected chi connectivity index (χ1v) is 11.6. The molecule has 0 aliphatic rings. The van der Waals surface area contributed by atoms with Crippen LogP contribution in [0.1, 0.15) is 31.0 Å². The summed E-state index contributed by atoms with van der Waals surface area (Å²) < 4.78 is 13.6. The first-order chi connectivity index (χ1) is 16.2. The van der Waals surface area contributed by atoms with Gasteiger partial charge in [0.25, 0.3) is 0 Å². The number of methoxy groups -OCH3 is 1. The van der Waals surface area contributed by atoms with E-state index in [1.54, 1.807) is 7.11 Å². The molecule has 0 spiro atoms. The van der Waals surface area contributed by atoms with Gasteiger partial charge >= 0.3 is 0 Å². The third-order valence-corrected chi connectivity index (χ3v) is 5.48. The van der Waals surface area contributed by atoms with Crippen LogP contribution in [-0.2, 0) is 17.7 Å². The molecule has 0 bridgehead atoms. The fourth-order valence-corrected chi connectivity index (χ4v) is 3.75. The fraction of sp³-hybridized carbons (Fsp3) is 0.370. The molecular weight excluding hydrogens is 414 g/mol. The molecule has 6 heteroatoms. The Bertz CT molecular complexity index is 973. The molecule has 0 saturated carbocycles. The summed E-state index contributed by atoms with van der Waals surface area (Å²) in [5.41, 5.74) is 2.95. The van der Waals surface area contributed by atoms with Gasteiger partial charge < -0.3 is 14.6 Å². The van der Waals surface area contributed by atoms with Crippen molar-refractivity contribution >= 4 is 0 Å². The summed E-state index contributed by atoms with van der Waals surface area (Å²) in [7, 11) is 1.70. The van der Waals surface area contributed by atoms with Crippen molar-refractivity contribution in [3.05, 3.63) is 84.6 Å². The second-order valence-corrected chi connectivity index (χ2v) is 7.99. The minimum atomic E-state index is -0.437. The van der Waals surface area contributed by atoms with Gasteiger partial charge in [-0.2, -0.15) is 5.10 Å². The maximum atomic E-state index is 10.6. The Balaban J connectivity index is 1.98. The molecule has 1 aromatic heterocycles. The molecular formula is C27H35N3O3. The molecule has 2 aromatic carbocycles. The summed E-state index contributed by atoms with van der Waals surface area (Å²) in [5.74, 6) is 1.46. The van der Waals surface area contributed by atoms with Gasteiger partial charge in [-0.25, -0.2) is 4.68 Å². The second-order valence-electron chi connectivity index (χ2n) is 7.99.